The van der Waals surface area contributed by atoms with Crippen molar-refractivity contribution >= 4 is 27.3 Å². The van der Waals surface area contributed by atoms with E-state index in [0.29, 0.717) is 11.8 Å². The Morgan fingerprint density at radius 2 is 1.41 bits per heavy atom. The standard InChI is InChI=1S/C26H25N3/c1-16(2)18-10-7-11-19(17(3)4)25(18)24-15-28-26-22-9-6-5-8-20(22)21-12-13-27-14-23(21)29(24)26/h5-17H,1-4H3. The normalized spacial score (nSPS) is 12.1. The molecule has 0 aliphatic carbocycles. The van der Waals surface area contributed by atoms with Crippen LogP contribution in [0.3, 0.4) is 0 Å². The summed E-state index contributed by atoms with van der Waals surface area (Å²) in [5, 5.41) is 3.59. The van der Waals surface area contributed by atoms with E-state index in [1.54, 1.807) is 0 Å². The predicted molar refractivity (Wildman–Crippen MR) is 122 cm³/mol. The summed E-state index contributed by atoms with van der Waals surface area (Å²) in [6, 6.07) is 17.3. The molecule has 0 fully saturated rings. The Labute approximate surface area is 171 Å². The summed E-state index contributed by atoms with van der Waals surface area (Å²) in [4.78, 5) is 9.36. The first kappa shape index (κ1) is 17.9. The molecule has 0 N–H and O–H groups in total. The highest BCUT2D eigenvalue weighted by Gasteiger charge is 2.20. The van der Waals surface area contributed by atoms with Gasteiger partial charge >= 0.3 is 0 Å². The molecule has 0 unspecified atom stereocenters. The van der Waals surface area contributed by atoms with Gasteiger partial charge in [-0.15, -0.1) is 0 Å². The second-order valence-corrected chi connectivity index (χ2v) is 8.36. The van der Waals surface area contributed by atoms with E-state index in [2.05, 4.69) is 85.6 Å². The smallest absolute Gasteiger partial charge is 0.145 e. The minimum absolute atomic E-state index is 0.430. The molecule has 144 valence electrons. The van der Waals surface area contributed by atoms with Crippen LogP contribution in [0.15, 0.2) is 67.1 Å². The third-order valence-corrected chi connectivity index (χ3v) is 5.89. The summed E-state index contributed by atoms with van der Waals surface area (Å²) in [6.07, 6.45) is 5.88. The lowest BCUT2D eigenvalue weighted by atomic mass is 9.87. The summed E-state index contributed by atoms with van der Waals surface area (Å²) >= 11 is 0. The van der Waals surface area contributed by atoms with Crippen LogP contribution in [0, 0.1) is 0 Å². The van der Waals surface area contributed by atoms with Crippen LogP contribution in [0.25, 0.3) is 38.6 Å². The van der Waals surface area contributed by atoms with Gasteiger partial charge in [-0.2, -0.15) is 0 Å². The van der Waals surface area contributed by atoms with Crippen molar-refractivity contribution in [3.8, 4) is 11.3 Å². The van der Waals surface area contributed by atoms with Crippen LogP contribution in [0.5, 0.6) is 0 Å². The number of fused-ring (bicyclic) bond motifs is 6. The SMILES string of the molecule is CC(C)c1cccc(C(C)C)c1-c1cnc2c3ccccc3c3ccncc3n12. The maximum atomic E-state index is 4.91. The number of benzene rings is 2. The van der Waals surface area contributed by atoms with Crippen LogP contribution in [-0.2, 0) is 0 Å². The van der Waals surface area contributed by atoms with E-state index in [1.807, 2.05) is 18.6 Å². The average molecular weight is 380 g/mol. The molecule has 3 heterocycles. The van der Waals surface area contributed by atoms with Gasteiger partial charge in [-0.25, -0.2) is 4.98 Å². The third-order valence-electron chi connectivity index (χ3n) is 5.89. The zero-order valence-corrected chi connectivity index (χ0v) is 17.3. The minimum atomic E-state index is 0.430. The van der Waals surface area contributed by atoms with Gasteiger partial charge in [0.15, 0.2) is 0 Å². The Bertz CT molecular complexity index is 1330. The molecule has 3 aromatic heterocycles. The molecule has 0 radical (unpaired) electrons. The fourth-order valence-corrected chi connectivity index (χ4v) is 4.51. The molecular weight excluding hydrogens is 354 g/mol. The molecule has 3 nitrogen and oxygen atoms in total. The van der Waals surface area contributed by atoms with Crippen LogP contribution in [-0.4, -0.2) is 14.4 Å². The molecule has 0 spiro atoms. The number of aromatic nitrogens is 3. The first-order valence-electron chi connectivity index (χ1n) is 10.3. The molecule has 29 heavy (non-hydrogen) atoms. The maximum absolute atomic E-state index is 4.91. The van der Waals surface area contributed by atoms with E-state index in [-0.39, 0.29) is 0 Å². The van der Waals surface area contributed by atoms with Crippen LogP contribution in [0.4, 0.5) is 0 Å². The van der Waals surface area contributed by atoms with Gasteiger partial charge < -0.3 is 0 Å². The van der Waals surface area contributed by atoms with Gasteiger partial charge in [0.05, 0.1) is 23.6 Å². The molecule has 2 aromatic carbocycles. The molecule has 0 aliphatic heterocycles. The Morgan fingerprint density at radius 1 is 0.724 bits per heavy atom. The highest BCUT2D eigenvalue weighted by atomic mass is 15.0. The van der Waals surface area contributed by atoms with Crippen molar-refractivity contribution in [3.63, 3.8) is 0 Å². The fraction of sp³-hybridized carbons (Fsp3) is 0.231. The van der Waals surface area contributed by atoms with Crippen molar-refractivity contribution in [1.29, 1.82) is 0 Å². The minimum Gasteiger partial charge on any atom is -0.290 e. The summed E-state index contributed by atoms with van der Waals surface area (Å²) < 4.78 is 2.30. The Hall–Kier alpha value is -3.20. The number of pyridine rings is 2. The number of rotatable bonds is 3. The summed E-state index contributed by atoms with van der Waals surface area (Å²) in [6.45, 7) is 9.06. The molecule has 0 saturated carbocycles. The highest BCUT2D eigenvalue weighted by Crippen LogP contribution is 2.39. The van der Waals surface area contributed by atoms with Gasteiger partial charge in [-0.3, -0.25) is 9.38 Å². The van der Waals surface area contributed by atoms with E-state index in [0.717, 1.165) is 16.9 Å². The van der Waals surface area contributed by atoms with Gasteiger partial charge in [0.2, 0.25) is 0 Å². The molecule has 5 rings (SSSR count). The zero-order valence-electron chi connectivity index (χ0n) is 17.3. The first-order valence-corrected chi connectivity index (χ1v) is 10.3. The number of hydrogen-bond acceptors (Lipinski definition) is 2. The van der Waals surface area contributed by atoms with Gasteiger partial charge in [-0.1, -0.05) is 70.2 Å². The second kappa shape index (κ2) is 6.70. The average Bonchev–Trinajstić information content (AvgIpc) is 3.18. The molecule has 5 aromatic rings. The van der Waals surface area contributed by atoms with Crippen molar-refractivity contribution in [2.75, 3.05) is 0 Å². The Kier molecular flexibility index (Phi) is 4.13. The number of hydrogen-bond donors (Lipinski definition) is 0. The zero-order chi connectivity index (χ0) is 20.1. The molecular formula is C26H25N3. The number of nitrogens with zero attached hydrogens (tertiary/aromatic N) is 3. The second-order valence-electron chi connectivity index (χ2n) is 8.36. The van der Waals surface area contributed by atoms with Gasteiger partial charge in [0.1, 0.15) is 5.65 Å². The summed E-state index contributed by atoms with van der Waals surface area (Å²) in [5.41, 5.74) is 7.28. The molecule has 0 amide bonds. The molecule has 0 bridgehead atoms. The number of imidazole rings is 1. The fourth-order valence-electron chi connectivity index (χ4n) is 4.51. The Balaban J connectivity index is 2.00. The lowest BCUT2D eigenvalue weighted by Gasteiger charge is -2.20. The van der Waals surface area contributed by atoms with Gasteiger partial charge in [0, 0.05) is 22.5 Å². The van der Waals surface area contributed by atoms with E-state index in [1.165, 1.54) is 32.8 Å². The Morgan fingerprint density at radius 3 is 2.10 bits per heavy atom. The lowest BCUT2D eigenvalue weighted by Crippen LogP contribution is -2.02. The highest BCUT2D eigenvalue weighted by molar-refractivity contribution is 6.12. The van der Waals surface area contributed by atoms with Crippen molar-refractivity contribution in [2.24, 2.45) is 0 Å². The van der Waals surface area contributed by atoms with E-state index < -0.39 is 0 Å². The maximum Gasteiger partial charge on any atom is 0.145 e. The molecule has 0 saturated heterocycles. The van der Waals surface area contributed by atoms with E-state index >= 15 is 0 Å². The first-order chi connectivity index (χ1) is 14.1. The third kappa shape index (κ3) is 2.65. The lowest BCUT2D eigenvalue weighted by molar-refractivity contribution is 0.836. The molecule has 0 aliphatic rings. The van der Waals surface area contributed by atoms with Crippen LogP contribution in [0.1, 0.15) is 50.7 Å². The monoisotopic (exact) mass is 379 g/mol. The van der Waals surface area contributed by atoms with E-state index in [4.69, 9.17) is 4.98 Å². The quantitative estimate of drug-likeness (QED) is 0.318. The van der Waals surface area contributed by atoms with Crippen molar-refractivity contribution < 1.29 is 0 Å². The van der Waals surface area contributed by atoms with Crippen LogP contribution < -0.4 is 0 Å². The molecule has 0 atom stereocenters. The van der Waals surface area contributed by atoms with Crippen molar-refractivity contribution in [1.82, 2.24) is 14.4 Å². The van der Waals surface area contributed by atoms with Crippen LogP contribution in [0.2, 0.25) is 0 Å². The van der Waals surface area contributed by atoms with Crippen molar-refractivity contribution in [2.45, 2.75) is 39.5 Å². The summed E-state index contributed by atoms with van der Waals surface area (Å²) in [7, 11) is 0. The van der Waals surface area contributed by atoms with Gasteiger partial charge in [0.25, 0.3) is 0 Å². The largest absolute Gasteiger partial charge is 0.290 e. The predicted octanol–water partition coefficient (Wildman–Crippen LogP) is 6.95. The van der Waals surface area contributed by atoms with E-state index in [9.17, 15) is 0 Å². The van der Waals surface area contributed by atoms with Crippen LogP contribution >= 0.6 is 0 Å². The topological polar surface area (TPSA) is 30.2 Å². The van der Waals surface area contributed by atoms with Gasteiger partial charge in [-0.05, 0) is 34.4 Å². The molecule has 3 heteroatoms. The van der Waals surface area contributed by atoms with Crippen molar-refractivity contribution in [3.05, 3.63) is 78.2 Å². The summed E-state index contributed by atoms with van der Waals surface area (Å²) in [5.74, 6) is 0.859.